The van der Waals surface area contributed by atoms with Gasteiger partial charge in [-0.25, -0.2) is 0 Å². The lowest BCUT2D eigenvalue weighted by molar-refractivity contribution is 0.470. The van der Waals surface area contributed by atoms with Crippen molar-refractivity contribution in [3.05, 3.63) is 64.6 Å². The number of nitrogens with one attached hydrogen (secondary N) is 1. The van der Waals surface area contributed by atoms with Crippen molar-refractivity contribution in [3.8, 4) is 0 Å². The molecule has 3 nitrogen and oxygen atoms in total. The molecule has 0 radical (unpaired) electrons. The smallest absolute Gasteiger partial charge is 0.137 e. The van der Waals surface area contributed by atoms with Gasteiger partial charge in [0, 0.05) is 11.6 Å². The highest BCUT2D eigenvalue weighted by Gasteiger charge is 2.21. The lowest BCUT2D eigenvalue weighted by atomic mass is 10.1. The summed E-state index contributed by atoms with van der Waals surface area (Å²) in [4.78, 5) is 4.41. The summed E-state index contributed by atoms with van der Waals surface area (Å²) in [6, 6.07) is 11.7. The zero-order valence-electron chi connectivity index (χ0n) is 12.1. The van der Waals surface area contributed by atoms with E-state index in [1.165, 1.54) is 0 Å². The third-order valence-corrected chi connectivity index (χ3v) is 3.83. The van der Waals surface area contributed by atoms with E-state index in [2.05, 4.69) is 29.4 Å². The molecule has 0 amide bonds. The van der Waals surface area contributed by atoms with E-state index < -0.39 is 0 Å². The molecule has 2 aromatic heterocycles. The van der Waals surface area contributed by atoms with Crippen molar-refractivity contribution in [1.29, 1.82) is 0 Å². The van der Waals surface area contributed by atoms with Crippen molar-refractivity contribution in [3.63, 3.8) is 0 Å². The number of hydrogen-bond acceptors (Lipinski definition) is 3. The molecule has 0 bridgehead atoms. The first-order chi connectivity index (χ1) is 10.2. The molecule has 3 rings (SSSR count). The van der Waals surface area contributed by atoms with Gasteiger partial charge in [0.2, 0.25) is 0 Å². The molecule has 2 heterocycles. The van der Waals surface area contributed by atoms with E-state index in [0.29, 0.717) is 5.02 Å². The van der Waals surface area contributed by atoms with Crippen LogP contribution in [-0.2, 0) is 0 Å². The highest BCUT2D eigenvalue weighted by molar-refractivity contribution is 6.31. The van der Waals surface area contributed by atoms with Crippen LogP contribution in [-0.4, -0.2) is 11.5 Å². The third kappa shape index (κ3) is 2.67. The second kappa shape index (κ2) is 5.88. The fourth-order valence-corrected chi connectivity index (χ4v) is 2.75. The van der Waals surface area contributed by atoms with Gasteiger partial charge in [-0.15, -0.1) is 0 Å². The zero-order valence-corrected chi connectivity index (χ0v) is 12.8. The van der Waals surface area contributed by atoms with Crippen LogP contribution in [0.1, 0.15) is 30.0 Å². The largest absolute Gasteiger partial charge is 0.459 e. The minimum atomic E-state index is -0.143. The highest BCUT2D eigenvalue weighted by Crippen LogP contribution is 2.31. The van der Waals surface area contributed by atoms with E-state index in [1.54, 1.807) is 6.20 Å². The summed E-state index contributed by atoms with van der Waals surface area (Å²) in [5, 5.41) is 5.13. The van der Waals surface area contributed by atoms with Crippen LogP contribution in [0.3, 0.4) is 0 Å². The average Bonchev–Trinajstić information content (AvgIpc) is 2.91. The van der Waals surface area contributed by atoms with Gasteiger partial charge in [0.05, 0.1) is 10.7 Å². The molecule has 0 saturated carbocycles. The number of benzene rings is 1. The normalized spacial score (nSPS) is 12.7. The van der Waals surface area contributed by atoms with Gasteiger partial charge in [-0.1, -0.05) is 36.7 Å². The molecule has 0 spiro atoms. The van der Waals surface area contributed by atoms with Gasteiger partial charge in [-0.2, -0.15) is 0 Å². The summed E-state index contributed by atoms with van der Waals surface area (Å²) in [7, 11) is 0. The van der Waals surface area contributed by atoms with Crippen LogP contribution in [0, 0.1) is 6.92 Å². The Kier molecular flexibility index (Phi) is 3.95. The van der Waals surface area contributed by atoms with Gasteiger partial charge in [0.15, 0.2) is 0 Å². The molecule has 1 aromatic carbocycles. The Labute approximate surface area is 128 Å². The fourth-order valence-electron chi connectivity index (χ4n) is 2.52. The van der Waals surface area contributed by atoms with Gasteiger partial charge in [-0.3, -0.25) is 4.98 Å². The molecule has 3 aromatic rings. The first-order valence-corrected chi connectivity index (χ1v) is 7.41. The summed E-state index contributed by atoms with van der Waals surface area (Å²) >= 11 is 6.29. The van der Waals surface area contributed by atoms with Crippen LogP contribution >= 0.6 is 11.6 Å². The molecule has 0 aliphatic carbocycles. The topological polar surface area (TPSA) is 38.1 Å². The maximum Gasteiger partial charge on any atom is 0.137 e. The van der Waals surface area contributed by atoms with Crippen molar-refractivity contribution >= 4 is 22.6 Å². The lowest BCUT2D eigenvalue weighted by Crippen LogP contribution is -2.22. The summed E-state index contributed by atoms with van der Waals surface area (Å²) in [5.41, 5.74) is 2.83. The minimum Gasteiger partial charge on any atom is -0.459 e. The number of nitrogens with zero attached hydrogens (tertiary/aromatic N) is 1. The summed E-state index contributed by atoms with van der Waals surface area (Å²) < 4.78 is 6.06. The molecule has 108 valence electrons. The number of aromatic nitrogens is 1. The van der Waals surface area contributed by atoms with E-state index in [9.17, 15) is 0 Å². The quantitative estimate of drug-likeness (QED) is 0.771. The van der Waals surface area contributed by atoms with Crippen LogP contribution in [0.4, 0.5) is 0 Å². The summed E-state index contributed by atoms with van der Waals surface area (Å²) in [6.45, 7) is 4.90. The van der Waals surface area contributed by atoms with E-state index >= 15 is 0 Å². The number of para-hydroxylation sites is 1. The van der Waals surface area contributed by atoms with Crippen LogP contribution in [0.25, 0.3) is 11.0 Å². The number of aryl methyl sites for hydroxylation is 1. The Morgan fingerprint density at radius 2 is 2.14 bits per heavy atom. The van der Waals surface area contributed by atoms with Gasteiger partial charge in [0.25, 0.3) is 0 Å². The number of pyridine rings is 1. The fraction of sp³-hybridized carbons (Fsp3) is 0.235. The molecule has 0 fully saturated rings. The van der Waals surface area contributed by atoms with Crippen LogP contribution in [0.5, 0.6) is 0 Å². The second-order valence-corrected chi connectivity index (χ2v) is 5.41. The molecule has 21 heavy (non-hydrogen) atoms. The number of furan rings is 1. The molecule has 1 N–H and O–H groups in total. The molecular formula is C17H17ClN2O. The number of halogens is 1. The van der Waals surface area contributed by atoms with Crippen LogP contribution in [0.15, 0.2) is 47.0 Å². The van der Waals surface area contributed by atoms with Crippen molar-refractivity contribution < 1.29 is 4.42 Å². The number of fused-ring (bicyclic) bond motifs is 1. The Balaban J connectivity index is 2.11. The van der Waals surface area contributed by atoms with Crippen molar-refractivity contribution in [2.75, 3.05) is 6.54 Å². The van der Waals surface area contributed by atoms with Crippen molar-refractivity contribution in [2.24, 2.45) is 0 Å². The van der Waals surface area contributed by atoms with Crippen molar-refractivity contribution in [2.45, 2.75) is 19.9 Å². The van der Waals surface area contributed by atoms with Crippen LogP contribution < -0.4 is 5.32 Å². The second-order valence-electron chi connectivity index (χ2n) is 5.00. The van der Waals surface area contributed by atoms with E-state index in [-0.39, 0.29) is 6.04 Å². The highest BCUT2D eigenvalue weighted by atomic mass is 35.5. The SMILES string of the molecule is CCNC(c1cc2cccc(C)c2o1)c1ncccc1Cl. The Bertz CT molecular complexity index is 766. The first-order valence-electron chi connectivity index (χ1n) is 7.03. The Hall–Kier alpha value is -1.84. The molecular weight excluding hydrogens is 284 g/mol. The molecule has 4 heteroatoms. The van der Waals surface area contributed by atoms with E-state index in [1.807, 2.05) is 31.2 Å². The van der Waals surface area contributed by atoms with E-state index in [4.69, 9.17) is 16.0 Å². The van der Waals surface area contributed by atoms with E-state index in [0.717, 1.165) is 34.5 Å². The lowest BCUT2D eigenvalue weighted by Gasteiger charge is -2.15. The Morgan fingerprint density at radius 1 is 1.29 bits per heavy atom. The van der Waals surface area contributed by atoms with Gasteiger partial charge >= 0.3 is 0 Å². The number of hydrogen-bond donors (Lipinski definition) is 1. The molecule has 1 unspecified atom stereocenters. The summed E-state index contributed by atoms with van der Waals surface area (Å²) in [6.07, 6.45) is 1.75. The Morgan fingerprint density at radius 3 is 2.86 bits per heavy atom. The average molecular weight is 301 g/mol. The molecule has 1 atom stereocenters. The third-order valence-electron chi connectivity index (χ3n) is 3.51. The maximum absolute atomic E-state index is 6.29. The predicted molar refractivity (Wildman–Crippen MR) is 85.7 cm³/mol. The maximum atomic E-state index is 6.29. The zero-order chi connectivity index (χ0) is 14.8. The molecule has 0 saturated heterocycles. The van der Waals surface area contributed by atoms with Crippen molar-refractivity contribution in [1.82, 2.24) is 10.3 Å². The van der Waals surface area contributed by atoms with Crippen LogP contribution in [0.2, 0.25) is 5.02 Å². The monoisotopic (exact) mass is 300 g/mol. The standard InChI is InChI=1S/C17H17ClN2O/c1-3-19-16(15-13(18)8-5-9-20-15)14-10-12-7-4-6-11(2)17(12)21-14/h4-10,16,19H,3H2,1-2H3. The van der Waals surface area contributed by atoms with Gasteiger partial charge in [-0.05, 0) is 37.2 Å². The van der Waals surface area contributed by atoms with Gasteiger partial charge in [0.1, 0.15) is 17.4 Å². The number of rotatable bonds is 4. The summed E-state index contributed by atoms with van der Waals surface area (Å²) in [5.74, 6) is 0.835. The van der Waals surface area contributed by atoms with Gasteiger partial charge < -0.3 is 9.73 Å². The predicted octanol–water partition coefficient (Wildman–Crippen LogP) is 4.49. The minimum absolute atomic E-state index is 0.143. The molecule has 0 aliphatic rings. The molecule has 0 aliphatic heterocycles. The first kappa shape index (κ1) is 14.1.